The SMILES string of the molecule is CC(C)C(OC=O)C(c1cnc[nH]1)C(O)c1ccc(Cl)cc1. The number of aliphatic hydroxyl groups is 1. The molecule has 2 aromatic rings. The van der Waals surface area contributed by atoms with Gasteiger partial charge in [0, 0.05) is 16.9 Å². The van der Waals surface area contributed by atoms with Gasteiger partial charge in [-0.05, 0) is 23.6 Å². The number of imidazole rings is 1. The Hall–Kier alpha value is -1.85. The maximum Gasteiger partial charge on any atom is 0.293 e. The topological polar surface area (TPSA) is 75.2 Å². The number of halogens is 1. The number of hydrogen-bond donors (Lipinski definition) is 2. The molecule has 0 aliphatic heterocycles. The average molecular weight is 323 g/mol. The highest BCUT2D eigenvalue weighted by molar-refractivity contribution is 6.30. The van der Waals surface area contributed by atoms with Crippen LogP contribution in [0, 0.1) is 5.92 Å². The molecule has 1 aromatic carbocycles. The van der Waals surface area contributed by atoms with E-state index in [1.165, 1.54) is 6.33 Å². The molecule has 118 valence electrons. The number of ether oxygens (including phenoxy) is 1. The van der Waals surface area contributed by atoms with Crippen LogP contribution in [0.15, 0.2) is 36.8 Å². The lowest BCUT2D eigenvalue weighted by Gasteiger charge is -2.31. The van der Waals surface area contributed by atoms with Gasteiger partial charge in [0.25, 0.3) is 6.47 Å². The zero-order chi connectivity index (χ0) is 16.1. The lowest BCUT2D eigenvalue weighted by Crippen LogP contribution is -2.32. The number of H-pyrrole nitrogens is 1. The molecule has 0 saturated heterocycles. The van der Waals surface area contributed by atoms with Gasteiger partial charge in [-0.3, -0.25) is 4.79 Å². The molecule has 0 aliphatic rings. The number of carbonyl (C=O) groups excluding carboxylic acids is 1. The summed E-state index contributed by atoms with van der Waals surface area (Å²) in [6.07, 6.45) is 1.83. The van der Waals surface area contributed by atoms with E-state index in [1.807, 2.05) is 13.8 Å². The van der Waals surface area contributed by atoms with Crippen LogP contribution in [0.3, 0.4) is 0 Å². The van der Waals surface area contributed by atoms with E-state index < -0.39 is 18.1 Å². The molecule has 3 atom stereocenters. The summed E-state index contributed by atoms with van der Waals surface area (Å²) in [6.45, 7) is 4.29. The molecule has 3 unspecified atom stereocenters. The molecule has 0 bridgehead atoms. The van der Waals surface area contributed by atoms with E-state index in [4.69, 9.17) is 16.3 Å². The number of aliphatic hydroxyl groups excluding tert-OH is 1. The Balaban J connectivity index is 2.39. The molecule has 5 nitrogen and oxygen atoms in total. The van der Waals surface area contributed by atoms with E-state index in [2.05, 4.69) is 9.97 Å². The van der Waals surface area contributed by atoms with Crippen molar-refractivity contribution in [3.63, 3.8) is 0 Å². The van der Waals surface area contributed by atoms with Gasteiger partial charge in [0.05, 0.1) is 18.3 Å². The van der Waals surface area contributed by atoms with Crippen LogP contribution in [-0.2, 0) is 9.53 Å². The molecular weight excluding hydrogens is 304 g/mol. The number of nitrogens with zero attached hydrogens (tertiary/aromatic N) is 1. The molecule has 2 rings (SSSR count). The fourth-order valence-electron chi connectivity index (χ4n) is 2.56. The maximum atomic E-state index is 10.9. The van der Waals surface area contributed by atoms with Crippen molar-refractivity contribution in [2.75, 3.05) is 0 Å². The van der Waals surface area contributed by atoms with Crippen molar-refractivity contribution in [1.82, 2.24) is 9.97 Å². The van der Waals surface area contributed by atoms with Crippen LogP contribution in [0.1, 0.15) is 37.1 Å². The standard InChI is InChI=1S/C16H19ClN2O3/c1-10(2)16(22-9-20)14(13-7-18-8-19-13)15(21)11-3-5-12(17)6-4-11/h3-10,14-16,21H,1-2H3,(H,18,19). The van der Waals surface area contributed by atoms with E-state index in [1.54, 1.807) is 30.5 Å². The van der Waals surface area contributed by atoms with Crippen LogP contribution in [0.2, 0.25) is 5.02 Å². The van der Waals surface area contributed by atoms with E-state index >= 15 is 0 Å². The number of nitrogens with one attached hydrogen (secondary N) is 1. The minimum atomic E-state index is -0.856. The number of benzene rings is 1. The Morgan fingerprint density at radius 1 is 1.32 bits per heavy atom. The van der Waals surface area contributed by atoms with Crippen LogP contribution in [-0.4, -0.2) is 27.7 Å². The van der Waals surface area contributed by atoms with Crippen LogP contribution >= 0.6 is 11.6 Å². The summed E-state index contributed by atoms with van der Waals surface area (Å²) in [4.78, 5) is 17.9. The van der Waals surface area contributed by atoms with Gasteiger partial charge in [-0.15, -0.1) is 0 Å². The van der Waals surface area contributed by atoms with Gasteiger partial charge in [0.15, 0.2) is 0 Å². The first-order valence-corrected chi connectivity index (χ1v) is 7.43. The molecule has 0 aliphatic carbocycles. The van der Waals surface area contributed by atoms with Gasteiger partial charge in [0.2, 0.25) is 0 Å². The smallest absolute Gasteiger partial charge is 0.293 e. The number of hydrogen-bond acceptors (Lipinski definition) is 4. The van der Waals surface area contributed by atoms with Crippen molar-refractivity contribution in [3.05, 3.63) is 53.1 Å². The second kappa shape index (κ2) is 7.42. The quantitative estimate of drug-likeness (QED) is 0.768. The van der Waals surface area contributed by atoms with Gasteiger partial charge in [0.1, 0.15) is 6.10 Å². The van der Waals surface area contributed by atoms with Gasteiger partial charge in [-0.25, -0.2) is 4.98 Å². The summed E-state index contributed by atoms with van der Waals surface area (Å²) >= 11 is 5.89. The highest BCUT2D eigenvalue weighted by Gasteiger charge is 2.35. The van der Waals surface area contributed by atoms with Gasteiger partial charge in [-0.1, -0.05) is 37.6 Å². The van der Waals surface area contributed by atoms with Gasteiger partial charge >= 0.3 is 0 Å². The molecule has 2 N–H and O–H groups in total. The first-order chi connectivity index (χ1) is 10.5. The Kier molecular flexibility index (Phi) is 5.57. The third-order valence-corrected chi connectivity index (χ3v) is 3.91. The average Bonchev–Trinajstić information content (AvgIpc) is 3.01. The van der Waals surface area contributed by atoms with Crippen molar-refractivity contribution in [2.45, 2.75) is 32.0 Å². The van der Waals surface area contributed by atoms with Gasteiger partial charge < -0.3 is 14.8 Å². The normalized spacial score (nSPS) is 15.3. The summed E-state index contributed by atoms with van der Waals surface area (Å²) in [6, 6.07) is 6.95. The summed E-state index contributed by atoms with van der Waals surface area (Å²) in [5.74, 6) is -0.422. The highest BCUT2D eigenvalue weighted by Crippen LogP contribution is 2.37. The lowest BCUT2D eigenvalue weighted by molar-refractivity contribution is -0.139. The van der Waals surface area contributed by atoms with Crippen molar-refractivity contribution >= 4 is 18.1 Å². The van der Waals surface area contributed by atoms with Gasteiger partial charge in [-0.2, -0.15) is 0 Å². The Labute approximate surface area is 134 Å². The number of aromatic amines is 1. The Morgan fingerprint density at radius 3 is 2.50 bits per heavy atom. The second-order valence-electron chi connectivity index (χ2n) is 5.47. The molecule has 1 heterocycles. The van der Waals surface area contributed by atoms with Crippen molar-refractivity contribution < 1.29 is 14.6 Å². The molecule has 0 spiro atoms. The second-order valence-corrected chi connectivity index (χ2v) is 5.91. The predicted molar refractivity (Wildman–Crippen MR) is 83.5 cm³/mol. The lowest BCUT2D eigenvalue weighted by atomic mass is 9.83. The number of aromatic nitrogens is 2. The monoisotopic (exact) mass is 322 g/mol. The zero-order valence-electron chi connectivity index (χ0n) is 12.4. The van der Waals surface area contributed by atoms with E-state index in [-0.39, 0.29) is 5.92 Å². The summed E-state index contributed by atoms with van der Waals surface area (Å²) < 4.78 is 5.24. The number of carbonyl (C=O) groups is 1. The molecular formula is C16H19ClN2O3. The fourth-order valence-corrected chi connectivity index (χ4v) is 2.69. The Bertz CT molecular complexity index is 584. The molecule has 0 amide bonds. The van der Waals surface area contributed by atoms with Crippen molar-refractivity contribution in [1.29, 1.82) is 0 Å². The molecule has 1 aromatic heterocycles. The molecule has 0 saturated carbocycles. The van der Waals surface area contributed by atoms with Crippen LogP contribution in [0.25, 0.3) is 0 Å². The van der Waals surface area contributed by atoms with Crippen molar-refractivity contribution in [3.8, 4) is 0 Å². The van der Waals surface area contributed by atoms with Crippen molar-refractivity contribution in [2.24, 2.45) is 5.92 Å². The molecule has 0 fully saturated rings. The molecule has 22 heavy (non-hydrogen) atoms. The maximum absolute atomic E-state index is 10.9. The van der Waals surface area contributed by atoms with E-state index in [0.29, 0.717) is 22.8 Å². The third kappa shape index (κ3) is 3.67. The third-order valence-electron chi connectivity index (χ3n) is 3.65. The largest absolute Gasteiger partial charge is 0.463 e. The van der Waals surface area contributed by atoms with Crippen LogP contribution < -0.4 is 0 Å². The molecule has 0 radical (unpaired) electrons. The summed E-state index contributed by atoms with van der Waals surface area (Å²) in [5, 5.41) is 11.4. The minimum absolute atomic E-state index is 0.0282. The molecule has 6 heteroatoms. The Morgan fingerprint density at radius 2 is 2.00 bits per heavy atom. The first kappa shape index (κ1) is 16.5. The number of rotatable bonds is 7. The predicted octanol–water partition coefficient (Wildman–Crippen LogP) is 3.08. The summed E-state index contributed by atoms with van der Waals surface area (Å²) in [7, 11) is 0. The van der Waals surface area contributed by atoms with E-state index in [9.17, 15) is 9.90 Å². The first-order valence-electron chi connectivity index (χ1n) is 7.05. The highest BCUT2D eigenvalue weighted by atomic mass is 35.5. The fraction of sp³-hybridized carbons (Fsp3) is 0.375. The summed E-state index contributed by atoms with van der Waals surface area (Å²) in [5.41, 5.74) is 1.41. The minimum Gasteiger partial charge on any atom is -0.463 e. The zero-order valence-corrected chi connectivity index (χ0v) is 13.2. The van der Waals surface area contributed by atoms with Crippen LogP contribution in [0.4, 0.5) is 0 Å². The van der Waals surface area contributed by atoms with Crippen LogP contribution in [0.5, 0.6) is 0 Å². The van der Waals surface area contributed by atoms with E-state index in [0.717, 1.165) is 0 Å².